The number of esters is 1. The number of carbonyl (C=O) groups is 2. The van der Waals surface area contributed by atoms with Gasteiger partial charge in [-0.15, -0.1) is 0 Å². The van der Waals surface area contributed by atoms with Crippen LogP contribution in [0.15, 0.2) is 24.3 Å². The van der Waals surface area contributed by atoms with E-state index in [4.69, 9.17) is 4.74 Å². The minimum Gasteiger partial charge on any atom is -0.481 e. The first-order valence-corrected chi connectivity index (χ1v) is 8.25. The van der Waals surface area contributed by atoms with Crippen molar-refractivity contribution in [3.8, 4) is 5.75 Å². The normalized spacial score (nSPS) is 17.0. The van der Waals surface area contributed by atoms with Gasteiger partial charge in [-0.3, -0.25) is 4.79 Å². The van der Waals surface area contributed by atoms with Crippen molar-refractivity contribution in [3.63, 3.8) is 0 Å². The van der Waals surface area contributed by atoms with Gasteiger partial charge in [0, 0.05) is 6.04 Å². The van der Waals surface area contributed by atoms with Crippen molar-refractivity contribution >= 4 is 11.9 Å². The van der Waals surface area contributed by atoms with Crippen molar-refractivity contribution in [3.05, 3.63) is 29.8 Å². The van der Waals surface area contributed by atoms with Gasteiger partial charge in [-0.25, -0.2) is 4.79 Å². The fourth-order valence-corrected chi connectivity index (χ4v) is 2.81. The Balaban J connectivity index is 1.91. The predicted octanol–water partition coefficient (Wildman–Crippen LogP) is 3.08. The van der Waals surface area contributed by atoms with Gasteiger partial charge in [0.05, 0.1) is 12.7 Å². The van der Waals surface area contributed by atoms with Gasteiger partial charge in [0.2, 0.25) is 0 Å². The van der Waals surface area contributed by atoms with Gasteiger partial charge in [-0.2, -0.15) is 0 Å². The Morgan fingerprint density at radius 1 is 1.17 bits per heavy atom. The van der Waals surface area contributed by atoms with Crippen LogP contribution < -0.4 is 10.1 Å². The van der Waals surface area contributed by atoms with Gasteiger partial charge < -0.3 is 14.8 Å². The molecular formula is C18H25NO4. The van der Waals surface area contributed by atoms with Crippen LogP contribution >= 0.6 is 0 Å². The third-order valence-electron chi connectivity index (χ3n) is 4.14. The maximum atomic E-state index is 12.3. The van der Waals surface area contributed by atoms with Crippen LogP contribution in [0, 0.1) is 0 Å². The van der Waals surface area contributed by atoms with E-state index in [2.05, 4.69) is 10.1 Å². The number of amides is 1. The molecule has 0 bridgehead atoms. The van der Waals surface area contributed by atoms with Crippen LogP contribution in [0.2, 0.25) is 0 Å². The Morgan fingerprint density at radius 3 is 2.52 bits per heavy atom. The Bertz CT molecular complexity index is 536. The number of ether oxygens (including phenoxy) is 2. The third kappa shape index (κ3) is 5.27. The number of carbonyl (C=O) groups excluding carboxylic acids is 2. The fourth-order valence-electron chi connectivity index (χ4n) is 2.81. The average molecular weight is 319 g/mol. The number of nitrogens with one attached hydrogen (secondary N) is 1. The van der Waals surface area contributed by atoms with Crippen LogP contribution in [0.1, 0.15) is 55.8 Å². The van der Waals surface area contributed by atoms with E-state index < -0.39 is 12.1 Å². The van der Waals surface area contributed by atoms with E-state index in [1.807, 2.05) is 0 Å². The Kier molecular flexibility index (Phi) is 6.44. The smallest absolute Gasteiger partial charge is 0.337 e. The molecule has 0 saturated heterocycles. The lowest BCUT2D eigenvalue weighted by atomic mass is 10.1. The number of benzene rings is 1. The first kappa shape index (κ1) is 17.3. The van der Waals surface area contributed by atoms with E-state index in [0.717, 1.165) is 12.8 Å². The van der Waals surface area contributed by atoms with Gasteiger partial charge in [-0.05, 0) is 38.0 Å². The largest absolute Gasteiger partial charge is 0.481 e. The Hall–Kier alpha value is -2.04. The molecule has 5 nitrogen and oxygen atoms in total. The molecule has 1 atom stereocenters. The van der Waals surface area contributed by atoms with Gasteiger partial charge in [0.1, 0.15) is 5.75 Å². The van der Waals surface area contributed by atoms with Crippen molar-refractivity contribution in [1.82, 2.24) is 5.32 Å². The van der Waals surface area contributed by atoms with Crippen molar-refractivity contribution in [2.45, 2.75) is 57.6 Å². The summed E-state index contributed by atoms with van der Waals surface area (Å²) in [6.07, 6.45) is 6.30. The molecule has 1 aromatic carbocycles. The average Bonchev–Trinajstić information content (AvgIpc) is 2.83. The minimum absolute atomic E-state index is 0.111. The molecule has 0 radical (unpaired) electrons. The van der Waals surface area contributed by atoms with Gasteiger partial charge in [-0.1, -0.05) is 31.7 Å². The topological polar surface area (TPSA) is 64.6 Å². The second-order valence-electron chi connectivity index (χ2n) is 5.98. The van der Waals surface area contributed by atoms with E-state index in [9.17, 15) is 9.59 Å². The molecule has 23 heavy (non-hydrogen) atoms. The number of rotatable bonds is 5. The molecule has 1 aliphatic carbocycles. The van der Waals surface area contributed by atoms with Crippen LogP contribution in [0.4, 0.5) is 0 Å². The highest BCUT2D eigenvalue weighted by Gasteiger charge is 2.20. The summed E-state index contributed by atoms with van der Waals surface area (Å²) in [6.45, 7) is 1.72. The second kappa shape index (κ2) is 8.56. The van der Waals surface area contributed by atoms with E-state index in [0.29, 0.717) is 11.3 Å². The number of hydrogen-bond donors (Lipinski definition) is 1. The van der Waals surface area contributed by atoms with Crippen LogP contribution in [0.3, 0.4) is 0 Å². The van der Waals surface area contributed by atoms with Gasteiger partial charge in [0.15, 0.2) is 6.10 Å². The first-order chi connectivity index (χ1) is 11.1. The molecule has 1 saturated carbocycles. The fraction of sp³-hybridized carbons (Fsp3) is 0.556. The lowest BCUT2D eigenvalue weighted by molar-refractivity contribution is -0.128. The maximum absolute atomic E-state index is 12.3. The molecule has 0 spiro atoms. The van der Waals surface area contributed by atoms with Crippen LogP contribution in [-0.4, -0.2) is 31.1 Å². The summed E-state index contributed by atoms with van der Waals surface area (Å²) in [5, 5.41) is 3.07. The van der Waals surface area contributed by atoms with Crippen LogP contribution in [-0.2, 0) is 9.53 Å². The van der Waals surface area contributed by atoms with Crippen LogP contribution in [0.5, 0.6) is 5.75 Å². The van der Waals surface area contributed by atoms with Crippen molar-refractivity contribution < 1.29 is 19.1 Å². The summed E-state index contributed by atoms with van der Waals surface area (Å²) in [5.74, 6) is -0.0530. The van der Waals surface area contributed by atoms with Crippen molar-refractivity contribution in [2.24, 2.45) is 0 Å². The molecule has 1 N–H and O–H groups in total. The predicted molar refractivity (Wildman–Crippen MR) is 87.5 cm³/mol. The molecule has 2 rings (SSSR count). The quantitative estimate of drug-likeness (QED) is 0.669. The van der Waals surface area contributed by atoms with E-state index in [1.54, 1.807) is 31.2 Å². The summed E-state index contributed by atoms with van der Waals surface area (Å²) in [5.41, 5.74) is 0.404. The molecular weight excluding hydrogens is 294 g/mol. The highest BCUT2D eigenvalue weighted by atomic mass is 16.5. The minimum atomic E-state index is -0.605. The van der Waals surface area contributed by atoms with Crippen molar-refractivity contribution in [1.29, 1.82) is 0 Å². The summed E-state index contributed by atoms with van der Waals surface area (Å²) < 4.78 is 10.3. The molecule has 1 fully saturated rings. The van der Waals surface area contributed by atoms with Crippen molar-refractivity contribution in [2.75, 3.05) is 7.11 Å². The third-order valence-corrected chi connectivity index (χ3v) is 4.14. The number of methoxy groups -OCH3 is 1. The summed E-state index contributed by atoms with van der Waals surface area (Å²) >= 11 is 0. The number of hydrogen-bond acceptors (Lipinski definition) is 4. The highest BCUT2D eigenvalue weighted by molar-refractivity contribution is 5.89. The van der Waals surface area contributed by atoms with Gasteiger partial charge >= 0.3 is 5.97 Å². The Labute approximate surface area is 137 Å². The molecule has 126 valence electrons. The molecule has 5 heteroatoms. The zero-order valence-corrected chi connectivity index (χ0v) is 13.8. The zero-order chi connectivity index (χ0) is 16.7. The zero-order valence-electron chi connectivity index (χ0n) is 13.8. The molecule has 0 heterocycles. The molecule has 0 unspecified atom stereocenters. The van der Waals surface area contributed by atoms with E-state index >= 15 is 0 Å². The molecule has 1 aromatic rings. The first-order valence-electron chi connectivity index (χ1n) is 8.25. The highest BCUT2D eigenvalue weighted by Crippen LogP contribution is 2.18. The standard InChI is InChI=1S/C18H25NO4/c1-13(17(20)19-15-9-5-3-4-6-10-15)23-16-11-7-8-14(12-16)18(21)22-2/h7-8,11-13,15H,3-6,9-10H2,1-2H3,(H,19,20)/t13-/m1/s1. The summed E-state index contributed by atoms with van der Waals surface area (Å²) in [6, 6.07) is 6.91. The second-order valence-corrected chi connectivity index (χ2v) is 5.98. The monoisotopic (exact) mass is 319 g/mol. The molecule has 0 aromatic heterocycles. The van der Waals surface area contributed by atoms with Gasteiger partial charge in [0.25, 0.3) is 5.91 Å². The maximum Gasteiger partial charge on any atom is 0.337 e. The Morgan fingerprint density at radius 2 is 1.87 bits per heavy atom. The SMILES string of the molecule is COC(=O)c1cccc(O[C@H](C)C(=O)NC2CCCCCC2)c1. The summed E-state index contributed by atoms with van der Waals surface area (Å²) in [7, 11) is 1.33. The van der Waals surface area contributed by atoms with E-state index in [-0.39, 0.29) is 11.9 Å². The summed E-state index contributed by atoms with van der Waals surface area (Å²) in [4.78, 5) is 23.8. The lowest BCUT2D eigenvalue weighted by Crippen LogP contribution is -2.42. The van der Waals surface area contributed by atoms with E-state index in [1.165, 1.54) is 32.8 Å². The molecule has 0 aliphatic heterocycles. The lowest BCUT2D eigenvalue weighted by Gasteiger charge is -2.20. The van der Waals surface area contributed by atoms with Crippen LogP contribution in [0.25, 0.3) is 0 Å². The molecule has 1 aliphatic rings. The molecule has 1 amide bonds.